The fourth-order valence-corrected chi connectivity index (χ4v) is 3.81. The van der Waals surface area contributed by atoms with E-state index in [0.717, 1.165) is 36.0 Å². The number of fused-ring (bicyclic) bond motifs is 4. The summed E-state index contributed by atoms with van der Waals surface area (Å²) in [5.74, 6) is 7.86. The van der Waals surface area contributed by atoms with Gasteiger partial charge in [-0.1, -0.05) is 30.0 Å². The Kier molecular flexibility index (Phi) is 3.57. The van der Waals surface area contributed by atoms with E-state index in [0.29, 0.717) is 17.9 Å². The number of aliphatic hydroxyl groups is 1. The molecule has 3 fully saturated rings. The van der Waals surface area contributed by atoms with Crippen LogP contribution in [0, 0.1) is 23.7 Å². The highest BCUT2D eigenvalue weighted by molar-refractivity contribution is 5.79. The van der Waals surface area contributed by atoms with Crippen LogP contribution >= 0.6 is 0 Å². The van der Waals surface area contributed by atoms with Gasteiger partial charge in [0.25, 0.3) is 0 Å². The molecule has 0 radical (unpaired) electrons. The first kappa shape index (κ1) is 13.8. The Labute approximate surface area is 131 Å². The molecule has 3 saturated heterocycles. The maximum absolute atomic E-state index is 9.42. The summed E-state index contributed by atoms with van der Waals surface area (Å²) < 4.78 is 0. The van der Waals surface area contributed by atoms with E-state index in [-0.39, 0.29) is 6.61 Å². The first-order valence-corrected chi connectivity index (χ1v) is 8.05. The highest BCUT2D eigenvalue weighted by atomic mass is 16.3. The second kappa shape index (κ2) is 5.72. The van der Waals surface area contributed by atoms with Crippen molar-refractivity contribution in [3.63, 3.8) is 0 Å². The van der Waals surface area contributed by atoms with Crippen molar-refractivity contribution in [1.29, 1.82) is 0 Å². The number of pyridine rings is 1. The lowest BCUT2D eigenvalue weighted by molar-refractivity contribution is -0.00370. The van der Waals surface area contributed by atoms with Crippen LogP contribution in [-0.2, 0) is 0 Å². The molecule has 1 aromatic carbocycles. The van der Waals surface area contributed by atoms with Gasteiger partial charge in [-0.3, -0.25) is 9.88 Å². The molecule has 112 valence electrons. The van der Waals surface area contributed by atoms with Crippen LogP contribution in [0.3, 0.4) is 0 Å². The monoisotopic (exact) mass is 292 g/mol. The van der Waals surface area contributed by atoms with Gasteiger partial charge in [0, 0.05) is 35.7 Å². The second-order valence-electron chi connectivity index (χ2n) is 6.41. The van der Waals surface area contributed by atoms with Crippen molar-refractivity contribution in [2.45, 2.75) is 18.9 Å². The standard InChI is InChI=1S/C19H20N2O/c22-13-18-10-15-7-8-21(18)12-17(15)6-5-14-9-16-3-1-2-4-19(16)20-11-14/h1-4,9,11,15,17-18,22H,7-8,10,12-13H2/t15-,17-,18+/m0/s1. The molecule has 4 atom stereocenters. The van der Waals surface area contributed by atoms with Crippen molar-refractivity contribution >= 4 is 10.9 Å². The van der Waals surface area contributed by atoms with Crippen molar-refractivity contribution in [2.24, 2.45) is 11.8 Å². The number of hydrogen-bond acceptors (Lipinski definition) is 3. The van der Waals surface area contributed by atoms with E-state index in [9.17, 15) is 5.11 Å². The SMILES string of the molecule is OC[C@H]1C[C@@H]2CCN1C[C@@H]2C#Cc1cnc2ccccc2c1. The molecule has 0 spiro atoms. The van der Waals surface area contributed by atoms with Gasteiger partial charge in [-0.05, 0) is 37.4 Å². The van der Waals surface area contributed by atoms with E-state index in [2.05, 4.69) is 33.9 Å². The van der Waals surface area contributed by atoms with E-state index >= 15 is 0 Å². The largest absolute Gasteiger partial charge is 0.395 e. The van der Waals surface area contributed by atoms with Gasteiger partial charge >= 0.3 is 0 Å². The minimum Gasteiger partial charge on any atom is -0.395 e. The smallest absolute Gasteiger partial charge is 0.0702 e. The molecule has 0 saturated carbocycles. The lowest BCUT2D eigenvalue weighted by Gasteiger charge is -2.47. The number of hydrogen-bond donors (Lipinski definition) is 1. The Hall–Kier alpha value is -1.89. The molecule has 2 aromatic rings. The predicted octanol–water partition coefficient (Wildman–Crippen LogP) is 2.29. The van der Waals surface area contributed by atoms with Crippen molar-refractivity contribution in [1.82, 2.24) is 9.88 Å². The maximum Gasteiger partial charge on any atom is 0.0702 e. The molecule has 3 aliphatic heterocycles. The summed E-state index contributed by atoms with van der Waals surface area (Å²) in [6.45, 7) is 2.40. The number of piperidine rings is 3. The van der Waals surface area contributed by atoms with Crippen LogP contribution in [0.5, 0.6) is 0 Å². The molecule has 0 aliphatic carbocycles. The molecule has 1 N–H and O–H groups in total. The van der Waals surface area contributed by atoms with Crippen molar-refractivity contribution < 1.29 is 5.11 Å². The van der Waals surface area contributed by atoms with Gasteiger partial charge in [-0.25, -0.2) is 0 Å². The summed E-state index contributed by atoms with van der Waals surface area (Å²) in [6, 6.07) is 10.6. The van der Waals surface area contributed by atoms with E-state index in [1.165, 1.54) is 6.42 Å². The minimum atomic E-state index is 0.283. The van der Waals surface area contributed by atoms with Crippen molar-refractivity contribution in [2.75, 3.05) is 19.7 Å². The average Bonchev–Trinajstić information content (AvgIpc) is 2.60. The Morgan fingerprint density at radius 3 is 3.05 bits per heavy atom. The Bertz CT molecular complexity index is 746. The van der Waals surface area contributed by atoms with Crippen molar-refractivity contribution in [3.8, 4) is 11.8 Å². The normalized spacial score (nSPS) is 30.0. The van der Waals surface area contributed by atoms with Gasteiger partial charge in [0.15, 0.2) is 0 Å². The quantitative estimate of drug-likeness (QED) is 0.819. The first-order valence-electron chi connectivity index (χ1n) is 8.05. The molecule has 22 heavy (non-hydrogen) atoms. The van der Waals surface area contributed by atoms with Crippen LogP contribution in [0.25, 0.3) is 10.9 Å². The summed E-state index contributed by atoms with van der Waals surface area (Å²) in [7, 11) is 0. The zero-order valence-electron chi connectivity index (χ0n) is 12.6. The molecule has 1 unspecified atom stereocenters. The third-order valence-electron chi connectivity index (χ3n) is 5.08. The van der Waals surface area contributed by atoms with Gasteiger partial charge in [0.1, 0.15) is 0 Å². The summed E-state index contributed by atoms with van der Waals surface area (Å²) in [6.07, 6.45) is 4.17. The number of aromatic nitrogens is 1. The zero-order chi connectivity index (χ0) is 14.9. The lowest BCUT2D eigenvalue weighted by atomic mass is 9.76. The number of nitrogens with zero attached hydrogens (tertiary/aromatic N) is 2. The third-order valence-corrected chi connectivity index (χ3v) is 5.08. The summed E-state index contributed by atoms with van der Waals surface area (Å²) in [5, 5.41) is 10.6. The summed E-state index contributed by atoms with van der Waals surface area (Å²) in [4.78, 5) is 6.87. The highest BCUT2D eigenvalue weighted by Crippen LogP contribution is 2.35. The third kappa shape index (κ3) is 2.49. The van der Waals surface area contributed by atoms with E-state index in [4.69, 9.17) is 0 Å². The average molecular weight is 292 g/mol. The second-order valence-corrected chi connectivity index (χ2v) is 6.41. The minimum absolute atomic E-state index is 0.283. The van der Waals surface area contributed by atoms with E-state index < -0.39 is 0 Å². The van der Waals surface area contributed by atoms with E-state index in [1.807, 2.05) is 24.4 Å². The van der Waals surface area contributed by atoms with Crippen LogP contribution in [0.2, 0.25) is 0 Å². The molecule has 2 bridgehead atoms. The Morgan fingerprint density at radius 1 is 1.32 bits per heavy atom. The van der Waals surface area contributed by atoms with Crippen LogP contribution in [0.15, 0.2) is 36.5 Å². The predicted molar refractivity (Wildman–Crippen MR) is 87.3 cm³/mol. The van der Waals surface area contributed by atoms with E-state index in [1.54, 1.807) is 0 Å². The van der Waals surface area contributed by atoms with Crippen LogP contribution in [0.4, 0.5) is 0 Å². The summed E-state index contributed by atoms with van der Waals surface area (Å²) in [5.41, 5.74) is 2.01. The number of para-hydroxylation sites is 1. The number of aliphatic hydroxyl groups excluding tert-OH is 1. The van der Waals surface area contributed by atoms with Gasteiger partial charge in [-0.2, -0.15) is 0 Å². The van der Waals surface area contributed by atoms with Gasteiger partial charge in [0.2, 0.25) is 0 Å². The number of benzene rings is 1. The summed E-state index contributed by atoms with van der Waals surface area (Å²) >= 11 is 0. The molecule has 3 aliphatic rings. The molecule has 4 heterocycles. The van der Waals surface area contributed by atoms with Gasteiger partial charge in [-0.15, -0.1) is 0 Å². The fraction of sp³-hybridized carbons (Fsp3) is 0.421. The fourth-order valence-electron chi connectivity index (χ4n) is 3.81. The van der Waals surface area contributed by atoms with Crippen LogP contribution in [0.1, 0.15) is 18.4 Å². The molecule has 3 heteroatoms. The maximum atomic E-state index is 9.42. The number of rotatable bonds is 1. The Balaban J connectivity index is 1.55. The van der Waals surface area contributed by atoms with Gasteiger partial charge in [0.05, 0.1) is 12.1 Å². The van der Waals surface area contributed by atoms with Crippen LogP contribution < -0.4 is 0 Å². The first-order chi connectivity index (χ1) is 10.8. The molecule has 1 aromatic heterocycles. The molecule has 0 amide bonds. The molecule has 5 rings (SSSR count). The Morgan fingerprint density at radius 2 is 2.23 bits per heavy atom. The van der Waals surface area contributed by atoms with Gasteiger partial charge < -0.3 is 5.11 Å². The molecule has 3 nitrogen and oxygen atoms in total. The van der Waals surface area contributed by atoms with Crippen LogP contribution in [-0.4, -0.2) is 40.7 Å². The lowest BCUT2D eigenvalue weighted by Crippen LogP contribution is -2.54. The molecular weight excluding hydrogens is 272 g/mol. The van der Waals surface area contributed by atoms with Crippen molar-refractivity contribution in [3.05, 3.63) is 42.1 Å². The zero-order valence-corrected chi connectivity index (χ0v) is 12.6. The molecular formula is C19H20N2O. The highest BCUT2D eigenvalue weighted by Gasteiger charge is 2.38. The topological polar surface area (TPSA) is 36.4 Å².